The van der Waals surface area contributed by atoms with Crippen LogP contribution in [0.5, 0.6) is 0 Å². The van der Waals surface area contributed by atoms with Crippen LogP contribution in [-0.2, 0) is 11.2 Å². The molecular weight excluding hydrogens is 199 g/mol. The van der Waals surface area contributed by atoms with E-state index in [2.05, 4.69) is 4.98 Å². The maximum absolute atomic E-state index is 10.4. The summed E-state index contributed by atoms with van der Waals surface area (Å²) in [6.45, 7) is 0. The maximum atomic E-state index is 10.4. The van der Waals surface area contributed by atoms with Gasteiger partial charge in [-0.3, -0.25) is 9.78 Å². The fraction of sp³-hybridized carbons (Fsp3) is 0.250. The van der Waals surface area contributed by atoms with E-state index in [0.29, 0.717) is 5.69 Å². The average Bonchev–Trinajstić information content (AvgIpc) is 2.18. The fourth-order valence-electron chi connectivity index (χ4n) is 1.02. The first kappa shape index (κ1) is 11.6. The molecule has 0 fully saturated rings. The van der Waals surface area contributed by atoms with Crippen molar-refractivity contribution in [2.75, 3.05) is 0 Å². The molecule has 0 amide bonds. The zero-order valence-corrected chi connectivity index (χ0v) is 7.87. The molecule has 0 unspecified atom stereocenters. The Morgan fingerprint density at radius 3 is 2.60 bits per heavy atom. The van der Waals surface area contributed by atoms with Gasteiger partial charge in [0.1, 0.15) is 6.04 Å². The van der Waals surface area contributed by atoms with Gasteiger partial charge < -0.3 is 20.9 Å². The van der Waals surface area contributed by atoms with Gasteiger partial charge >= 0.3 is 13.1 Å². The highest BCUT2D eigenvalue weighted by Gasteiger charge is 2.14. The second-order valence-electron chi connectivity index (χ2n) is 3.11. The molecule has 7 heteroatoms. The van der Waals surface area contributed by atoms with Crippen molar-refractivity contribution in [3.63, 3.8) is 0 Å². The Morgan fingerprint density at radius 2 is 2.20 bits per heavy atom. The minimum absolute atomic E-state index is 0.108. The summed E-state index contributed by atoms with van der Waals surface area (Å²) in [5.74, 6) is -1.09. The molecule has 1 aromatic heterocycles. The third-order valence-corrected chi connectivity index (χ3v) is 1.89. The molecule has 6 nitrogen and oxygen atoms in total. The second kappa shape index (κ2) is 4.88. The summed E-state index contributed by atoms with van der Waals surface area (Å²) in [6, 6.07) is 1.97. The Kier molecular flexibility index (Phi) is 3.78. The maximum Gasteiger partial charge on any atom is 0.490 e. The van der Waals surface area contributed by atoms with Gasteiger partial charge in [-0.05, 0) is 6.07 Å². The van der Waals surface area contributed by atoms with E-state index in [4.69, 9.17) is 20.9 Å². The minimum Gasteiger partial charge on any atom is -0.480 e. The quantitative estimate of drug-likeness (QED) is 0.416. The molecule has 0 aliphatic carbocycles. The van der Waals surface area contributed by atoms with Crippen molar-refractivity contribution in [2.24, 2.45) is 5.73 Å². The fourth-order valence-corrected chi connectivity index (χ4v) is 1.02. The number of aromatic nitrogens is 1. The molecule has 1 heterocycles. The van der Waals surface area contributed by atoms with Gasteiger partial charge in [-0.25, -0.2) is 0 Å². The van der Waals surface area contributed by atoms with Crippen LogP contribution >= 0.6 is 0 Å². The smallest absolute Gasteiger partial charge is 0.480 e. The summed E-state index contributed by atoms with van der Waals surface area (Å²) in [7, 11) is -1.57. The molecule has 0 spiro atoms. The molecule has 5 N–H and O–H groups in total. The third-order valence-electron chi connectivity index (χ3n) is 1.89. The Hall–Kier alpha value is -1.44. The van der Waals surface area contributed by atoms with Gasteiger partial charge in [-0.15, -0.1) is 0 Å². The SMILES string of the molecule is N[C@@H](Cc1ccc(B(O)O)cn1)C(=O)O. The van der Waals surface area contributed by atoms with Gasteiger partial charge in [0.15, 0.2) is 0 Å². The number of carboxylic acid groups (broad SMARTS) is 1. The van der Waals surface area contributed by atoms with E-state index in [1.54, 1.807) is 0 Å². The molecular formula is C8H11BN2O4. The van der Waals surface area contributed by atoms with E-state index < -0.39 is 19.1 Å². The van der Waals surface area contributed by atoms with Crippen molar-refractivity contribution in [3.05, 3.63) is 24.0 Å². The largest absolute Gasteiger partial charge is 0.490 e. The van der Waals surface area contributed by atoms with Gasteiger partial charge in [0.2, 0.25) is 0 Å². The zero-order chi connectivity index (χ0) is 11.4. The molecule has 0 bridgehead atoms. The Balaban J connectivity index is 2.68. The molecule has 0 aromatic carbocycles. The van der Waals surface area contributed by atoms with E-state index in [1.807, 2.05) is 0 Å². The highest BCUT2D eigenvalue weighted by Crippen LogP contribution is 1.97. The standard InChI is InChI=1S/C8H11BN2O4/c10-7(8(12)13)3-6-2-1-5(4-11-6)9(14)15/h1-2,4,7,14-15H,3,10H2,(H,12,13)/t7-/m0/s1. The summed E-state index contributed by atoms with van der Waals surface area (Å²) in [4.78, 5) is 14.3. The highest BCUT2D eigenvalue weighted by atomic mass is 16.4. The molecule has 0 saturated heterocycles. The van der Waals surface area contributed by atoms with Crippen molar-refractivity contribution in [3.8, 4) is 0 Å². The topological polar surface area (TPSA) is 117 Å². The number of nitrogens with zero attached hydrogens (tertiary/aromatic N) is 1. The highest BCUT2D eigenvalue weighted by molar-refractivity contribution is 6.58. The second-order valence-corrected chi connectivity index (χ2v) is 3.11. The molecule has 0 aliphatic heterocycles. The number of rotatable bonds is 4. The third kappa shape index (κ3) is 3.32. The van der Waals surface area contributed by atoms with Crippen molar-refractivity contribution >= 4 is 18.6 Å². The molecule has 1 rings (SSSR count). The molecule has 0 saturated carbocycles. The van der Waals surface area contributed by atoms with Crippen molar-refractivity contribution in [1.82, 2.24) is 4.98 Å². The first-order valence-electron chi connectivity index (χ1n) is 4.30. The van der Waals surface area contributed by atoms with Crippen LogP contribution in [0.25, 0.3) is 0 Å². The summed E-state index contributed by atoms with van der Waals surface area (Å²) < 4.78 is 0. The molecule has 15 heavy (non-hydrogen) atoms. The van der Waals surface area contributed by atoms with Crippen molar-refractivity contribution < 1.29 is 19.9 Å². The van der Waals surface area contributed by atoms with Crippen LogP contribution < -0.4 is 11.2 Å². The monoisotopic (exact) mass is 210 g/mol. The van der Waals surface area contributed by atoms with Crippen LogP contribution in [0.1, 0.15) is 5.69 Å². The van der Waals surface area contributed by atoms with E-state index in [1.165, 1.54) is 18.3 Å². The van der Waals surface area contributed by atoms with E-state index in [9.17, 15) is 4.79 Å². The van der Waals surface area contributed by atoms with Gasteiger partial charge in [-0.1, -0.05) is 6.07 Å². The first-order valence-corrected chi connectivity index (χ1v) is 4.30. The molecule has 0 aliphatic rings. The minimum atomic E-state index is -1.57. The zero-order valence-electron chi connectivity index (χ0n) is 7.87. The summed E-state index contributed by atoms with van der Waals surface area (Å²) in [6.07, 6.45) is 1.38. The lowest BCUT2D eigenvalue weighted by molar-refractivity contribution is -0.138. The number of hydrogen-bond acceptors (Lipinski definition) is 5. The molecule has 0 radical (unpaired) electrons. The van der Waals surface area contributed by atoms with Gasteiger partial charge in [0.25, 0.3) is 0 Å². The lowest BCUT2D eigenvalue weighted by Crippen LogP contribution is -2.33. The van der Waals surface area contributed by atoms with E-state index in [-0.39, 0.29) is 11.9 Å². The van der Waals surface area contributed by atoms with Crippen molar-refractivity contribution in [1.29, 1.82) is 0 Å². The van der Waals surface area contributed by atoms with Gasteiger partial charge in [0.05, 0.1) is 0 Å². The first-order chi connectivity index (χ1) is 7.00. The van der Waals surface area contributed by atoms with E-state index in [0.717, 1.165) is 0 Å². The number of aliphatic carboxylic acids is 1. The predicted molar refractivity (Wildman–Crippen MR) is 53.4 cm³/mol. The average molecular weight is 210 g/mol. The van der Waals surface area contributed by atoms with Gasteiger partial charge in [-0.2, -0.15) is 0 Å². The number of hydrogen-bond donors (Lipinski definition) is 4. The van der Waals surface area contributed by atoms with Crippen LogP contribution in [0.2, 0.25) is 0 Å². The number of pyridine rings is 1. The van der Waals surface area contributed by atoms with Crippen LogP contribution in [0, 0.1) is 0 Å². The molecule has 1 atom stereocenters. The summed E-state index contributed by atoms with van der Waals surface area (Å²) in [5, 5.41) is 26.1. The lowest BCUT2D eigenvalue weighted by atomic mass is 9.81. The lowest BCUT2D eigenvalue weighted by Gasteiger charge is -2.06. The van der Waals surface area contributed by atoms with Crippen LogP contribution in [-0.4, -0.2) is 39.3 Å². The Morgan fingerprint density at radius 1 is 1.53 bits per heavy atom. The van der Waals surface area contributed by atoms with Crippen LogP contribution in [0.3, 0.4) is 0 Å². The number of carboxylic acids is 1. The summed E-state index contributed by atoms with van der Waals surface area (Å²) >= 11 is 0. The van der Waals surface area contributed by atoms with E-state index >= 15 is 0 Å². The molecule has 1 aromatic rings. The Bertz CT molecular complexity index is 341. The number of carbonyl (C=O) groups is 1. The Labute approximate surface area is 86.5 Å². The number of nitrogens with two attached hydrogens (primary N) is 1. The van der Waals surface area contributed by atoms with Crippen molar-refractivity contribution in [2.45, 2.75) is 12.5 Å². The normalized spacial score (nSPS) is 12.2. The summed E-state index contributed by atoms with van der Waals surface area (Å²) in [5.41, 5.74) is 6.06. The van der Waals surface area contributed by atoms with Crippen LogP contribution in [0.15, 0.2) is 18.3 Å². The van der Waals surface area contributed by atoms with Gasteiger partial charge in [0, 0.05) is 23.8 Å². The predicted octanol–water partition coefficient (Wildman–Crippen LogP) is -2.28. The molecule has 80 valence electrons. The van der Waals surface area contributed by atoms with Crippen LogP contribution in [0.4, 0.5) is 0 Å².